The molecule has 1 amide bonds. The topological polar surface area (TPSA) is 86.0 Å². The van der Waals surface area contributed by atoms with E-state index < -0.39 is 23.0 Å². The van der Waals surface area contributed by atoms with Crippen molar-refractivity contribution in [2.24, 2.45) is 0 Å². The maximum absolute atomic E-state index is 13.6. The molecule has 5 aromatic rings. The first kappa shape index (κ1) is 22.7. The number of hydrogen-bond donors (Lipinski definition) is 1. The minimum Gasteiger partial charge on any atom is -0.324 e. The highest BCUT2D eigenvalue weighted by molar-refractivity contribution is 7.25. The molecular weight excluding hydrogens is 467 g/mol. The largest absolute Gasteiger partial charge is 0.332 e. The monoisotopic (exact) mass is 488 g/mol. The number of nitrogens with one attached hydrogen (secondary N) is 1. The van der Waals surface area contributed by atoms with Gasteiger partial charge in [0.15, 0.2) is 0 Å². The molecule has 35 heavy (non-hydrogen) atoms. The van der Waals surface area contributed by atoms with Crippen molar-refractivity contribution < 1.29 is 9.18 Å². The van der Waals surface area contributed by atoms with Gasteiger partial charge in [0, 0.05) is 17.3 Å². The van der Waals surface area contributed by atoms with Crippen molar-refractivity contribution in [3.63, 3.8) is 0 Å². The number of anilines is 1. The van der Waals surface area contributed by atoms with E-state index in [-0.39, 0.29) is 13.1 Å². The third-order valence-electron chi connectivity index (χ3n) is 6.05. The number of benzene rings is 2. The number of aryl methyl sites for hydroxylation is 1. The summed E-state index contributed by atoms with van der Waals surface area (Å²) in [6, 6.07) is 14.7. The summed E-state index contributed by atoms with van der Waals surface area (Å²) in [6.07, 6.45) is 1.62. The van der Waals surface area contributed by atoms with E-state index in [2.05, 4.69) is 10.3 Å². The van der Waals surface area contributed by atoms with E-state index in [9.17, 15) is 18.8 Å². The number of rotatable bonds is 5. The van der Waals surface area contributed by atoms with Crippen LogP contribution >= 0.6 is 11.3 Å². The molecule has 1 N–H and O–H groups in total. The summed E-state index contributed by atoms with van der Waals surface area (Å²) < 4.78 is 16.1. The number of thiophene rings is 1. The first-order valence-electron chi connectivity index (χ1n) is 10.9. The minimum atomic E-state index is -0.619. The fourth-order valence-corrected chi connectivity index (χ4v) is 5.16. The molecule has 0 radical (unpaired) electrons. The van der Waals surface area contributed by atoms with E-state index in [0.29, 0.717) is 31.7 Å². The van der Waals surface area contributed by atoms with Gasteiger partial charge in [0.25, 0.3) is 5.56 Å². The summed E-state index contributed by atoms with van der Waals surface area (Å²) in [6.45, 7) is 3.53. The van der Waals surface area contributed by atoms with Crippen molar-refractivity contribution in [3.8, 4) is 0 Å². The Morgan fingerprint density at radius 1 is 1.03 bits per heavy atom. The first-order chi connectivity index (χ1) is 16.8. The molecule has 9 heteroatoms. The number of fused-ring (bicyclic) bond motifs is 3. The van der Waals surface area contributed by atoms with Crippen LogP contribution < -0.4 is 16.6 Å². The van der Waals surface area contributed by atoms with Gasteiger partial charge in [-0.1, -0.05) is 24.3 Å². The quantitative estimate of drug-likeness (QED) is 0.402. The Morgan fingerprint density at radius 2 is 1.80 bits per heavy atom. The minimum absolute atomic E-state index is 0.0475. The number of aromatic nitrogens is 3. The molecule has 0 saturated heterocycles. The number of pyridine rings is 1. The second-order valence-corrected chi connectivity index (χ2v) is 9.32. The summed E-state index contributed by atoms with van der Waals surface area (Å²) in [5.41, 5.74) is 2.52. The molecule has 0 aliphatic heterocycles. The smallest absolute Gasteiger partial charge is 0.324 e. The molecule has 0 saturated carbocycles. The Morgan fingerprint density at radius 3 is 2.57 bits per heavy atom. The van der Waals surface area contributed by atoms with E-state index in [0.717, 1.165) is 15.7 Å². The average molecular weight is 489 g/mol. The molecule has 0 bridgehead atoms. The highest BCUT2D eigenvalue weighted by atomic mass is 32.1. The van der Waals surface area contributed by atoms with E-state index >= 15 is 0 Å². The Bertz CT molecular complexity index is 1720. The van der Waals surface area contributed by atoms with Crippen molar-refractivity contribution >= 4 is 43.4 Å². The number of nitrogens with zero attached hydrogens (tertiary/aromatic N) is 3. The summed E-state index contributed by atoms with van der Waals surface area (Å²) in [5, 5.41) is 3.52. The molecule has 3 heterocycles. The Hall–Kier alpha value is -4.11. The van der Waals surface area contributed by atoms with Crippen molar-refractivity contribution in [1.29, 1.82) is 0 Å². The van der Waals surface area contributed by atoms with Gasteiger partial charge in [-0.15, -0.1) is 11.3 Å². The number of amides is 1. The highest BCUT2D eigenvalue weighted by Crippen LogP contribution is 2.29. The summed E-state index contributed by atoms with van der Waals surface area (Å²) in [4.78, 5) is 45.0. The van der Waals surface area contributed by atoms with Gasteiger partial charge in [0.1, 0.15) is 21.9 Å². The number of carbonyl (C=O) groups excluding carboxylic acids is 1. The first-order valence-corrected chi connectivity index (χ1v) is 11.8. The van der Waals surface area contributed by atoms with Crippen molar-refractivity contribution in [2.75, 3.05) is 5.32 Å². The second-order valence-electron chi connectivity index (χ2n) is 8.32. The number of halogens is 1. The highest BCUT2D eigenvalue weighted by Gasteiger charge is 2.21. The van der Waals surface area contributed by atoms with Gasteiger partial charge in [0.05, 0.1) is 12.1 Å². The van der Waals surface area contributed by atoms with Crippen LogP contribution in [0.4, 0.5) is 10.1 Å². The van der Waals surface area contributed by atoms with Crippen LogP contribution in [0.2, 0.25) is 0 Å². The van der Waals surface area contributed by atoms with Gasteiger partial charge in [-0.25, -0.2) is 14.2 Å². The predicted molar refractivity (Wildman–Crippen MR) is 136 cm³/mol. The van der Waals surface area contributed by atoms with Crippen LogP contribution in [0, 0.1) is 19.7 Å². The third kappa shape index (κ3) is 4.15. The standard InChI is InChI=1S/C26H21FN4O3S/c1-15-5-3-7-20(16(15)2)29-21(32)14-30-22-19-6-4-12-28-24(19)35-23(22)25(33)31(26(30)34)13-17-8-10-18(27)11-9-17/h3-12H,13-14H2,1-2H3,(H,29,32). The Balaban J connectivity index is 1.65. The maximum Gasteiger partial charge on any atom is 0.332 e. The third-order valence-corrected chi connectivity index (χ3v) is 7.14. The van der Waals surface area contributed by atoms with Crippen molar-refractivity contribution in [1.82, 2.24) is 14.1 Å². The van der Waals surface area contributed by atoms with Gasteiger partial charge in [-0.2, -0.15) is 0 Å². The maximum atomic E-state index is 13.6. The summed E-state index contributed by atoms with van der Waals surface area (Å²) in [5.74, 6) is -0.801. The molecule has 0 atom stereocenters. The zero-order valence-corrected chi connectivity index (χ0v) is 19.9. The van der Waals surface area contributed by atoms with Gasteiger partial charge >= 0.3 is 5.69 Å². The molecule has 0 aliphatic carbocycles. The van der Waals surface area contributed by atoms with E-state index in [1.54, 1.807) is 24.4 Å². The predicted octanol–water partition coefficient (Wildman–Crippen LogP) is 4.22. The Kier molecular flexibility index (Phi) is 5.78. The molecule has 176 valence electrons. The molecule has 5 rings (SSSR count). The van der Waals surface area contributed by atoms with Crippen LogP contribution in [0.15, 0.2) is 70.4 Å². The van der Waals surface area contributed by atoms with Gasteiger partial charge in [0.2, 0.25) is 5.91 Å². The fourth-order valence-electron chi connectivity index (χ4n) is 4.06. The average Bonchev–Trinajstić information content (AvgIpc) is 3.23. The van der Waals surface area contributed by atoms with Crippen LogP contribution in [0.5, 0.6) is 0 Å². The normalized spacial score (nSPS) is 11.3. The van der Waals surface area contributed by atoms with Crippen LogP contribution in [0.1, 0.15) is 16.7 Å². The molecule has 0 unspecified atom stereocenters. The summed E-state index contributed by atoms with van der Waals surface area (Å²) >= 11 is 1.18. The lowest BCUT2D eigenvalue weighted by Gasteiger charge is -2.14. The Labute approximate surface area is 203 Å². The lowest BCUT2D eigenvalue weighted by atomic mass is 10.1. The van der Waals surface area contributed by atoms with Gasteiger partial charge in [-0.3, -0.25) is 18.7 Å². The summed E-state index contributed by atoms with van der Waals surface area (Å²) in [7, 11) is 0. The van der Waals surface area contributed by atoms with Gasteiger partial charge < -0.3 is 5.32 Å². The fraction of sp³-hybridized carbons (Fsp3) is 0.154. The molecule has 2 aromatic carbocycles. The SMILES string of the molecule is Cc1cccc(NC(=O)Cn2c(=O)n(Cc3ccc(F)cc3)c(=O)c3sc4ncccc4c32)c1C. The van der Waals surface area contributed by atoms with Crippen molar-refractivity contribution in [2.45, 2.75) is 26.9 Å². The molecular formula is C26H21FN4O3S. The molecule has 0 fully saturated rings. The van der Waals surface area contributed by atoms with Crippen LogP contribution in [-0.2, 0) is 17.9 Å². The zero-order chi connectivity index (χ0) is 24.7. The second kappa shape index (κ2) is 8.92. The van der Waals surface area contributed by atoms with E-state index in [1.807, 2.05) is 26.0 Å². The lowest BCUT2D eigenvalue weighted by Crippen LogP contribution is -2.41. The van der Waals surface area contributed by atoms with Crippen molar-refractivity contribution in [3.05, 3.63) is 104 Å². The molecule has 7 nitrogen and oxygen atoms in total. The van der Waals surface area contributed by atoms with Gasteiger partial charge in [-0.05, 0) is 60.9 Å². The number of hydrogen-bond acceptors (Lipinski definition) is 5. The lowest BCUT2D eigenvalue weighted by molar-refractivity contribution is -0.116. The van der Waals surface area contributed by atoms with E-state index in [4.69, 9.17) is 0 Å². The van der Waals surface area contributed by atoms with Crippen LogP contribution in [-0.4, -0.2) is 20.0 Å². The van der Waals surface area contributed by atoms with Crippen LogP contribution in [0.3, 0.4) is 0 Å². The zero-order valence-electron chi connectivity index (χ0n) is 19.0. The van der Waals surface area contributed by atoms with E-state index in [1.165, 1.54) is 40.2 Å². The molecule has 3 aromatic heterocycles. The number of carbonyl (C=O) groups is 1. The molecule has 0 spiro atoms. The van der Waals surface area contributed by atoms with Crippen LogP contribution in [0.25, 0.3) is 20.4 Å². The molecule has 0 aliphatic rings.